The second kappa shape index (κ2) is 5.06. The van der Waals surface area contributed by atoms with Crippen molar-refractivity contribution in [1.29, 1.82) is 0 Å². The van der Waals surface area contributed by atoms with E-state index in [-0.39, 0.29) is 5.91 Å². The molecule has 84 valence electrons. The molecule has 1 amide bonds. The Kier molecular flexibility index (Phi) is 4.02. The zero-order valence-corrected chi connectivity index (χ0v) is 9.97. The summed E-state index contributed by atoms with van der Waals surface area (Å²) in [5.74, 6) is 0.228. The molecule has 0 aliphatic heterocycles. The molecule has 15 heavy (non-hydrogen) atoms. The van der Waals surface area contributed by atoms with Crippen LogP contribution in [0.5, 0.6) is 0 Å². The van der Waals surface area contributed by atoms with Crippen LogP contribution in [0, 0.1) is 0 Å². The number of nitrogens with one attached hydrogen (secondary N) is 1. The molecule has 6 heteroatoms. The molecule has 0 aliphatic rings. The van der Waals surface area contributed by atoms with Crippen molar-refractivity contribution in [2.45, 2.75) is 12.2 Å². The largest absolute Gasteiger partial charge is 0.383 e. The number of nitrogens with two attached hydrogens (primary N) is 1. The summed E-state index contributed by atoms with van der Waals surface area (Å²) in [5, 5.41) is 7.12. The Morgan fingerprint density at radius 2 is 2.47 bits per heavy atom. The number of anilines is 1. The third-order valence-electron chi connectivity index (χ3n) is 2.18. The monoisotopic (exact) mass is 228 g/mol. The summed E-state index contributed by atoms with van der Waals surface area (Å²) in [4.78, 5) is 11.6. The van der Waals surface area contributed by atoms with E-state index in [0.717, 1.165) is 0 Å². The first-order valence-electron chi connectivity index (χ1n) is 4.64. The molecule has 1 atom stereocenters. The number of aryl methyl sites for hydroxylation is 1. The van der Waals surface area contributed by atoms with Crippen molar-refractivity contribution in [3.05, 3.63) is 11.8 Å². The second-order valence-electron chi connectivity index (χ2n) is 3.32. The number of carbonyl (C=O) groups excluding carboxylic acids is 1. The molecule has 1 heterocycles. The average molecular weight is 228 g/mol. The van der Waals surface area contributed by atoms with Gasteiger partial charge < -0.3 is 11.1 Å². The maximum Gasteiger partial charge on any atom is 0.256 e. The van der Waals surface area contributed by atoms with Crippen LogP contribution in [0.25, 0.3) is 0 Å². The van der Waals surface area contributed by atoms with Crippen molar-refractivity contribution in [3.8, 4) is 0 Å². The van der Waals surface area contributed by atoms with Gasteiger partial charge in [0.15, 0.2) is 0 Å². The standard InChI is InChI=1S/C9H16N4OS/c1-6(15-3)4-11-9(14)7-5-12-13(2)8(7)10/h5-6H,4,10H2,1-3H3,(H,11,14). The van der Waals surface area contributed by atoms with Crippen LogP contribution in [0.1, 0.15) is 17.3 Å². The molecule has 1 unspecified atom stereocenters. The molecule has 1 aromatic heterocycles. The molecule has 3 N–H and O–H groups in total. The fraction of sp³-hybridized carbons (Fsp3) is 0.556. The fourth-order valence-electron chi connectivity index (χ4n) is 1.04. The summed E-state index contributed by atoms with van der Waals surface area (Å²) in [6.45, 7) is 2.69. The first-order chi connectivity index (χ1) is 7.06. The average Bonchev–Trinajstić information content (AvgIpc) is 2.56. The normalized spacial score (nSPS) is 12.5. The lowest BCUT2D eigenvalue weighted by atomic mass is 10.3. The van der Waals surface area contributed by atoms with Gasteiger partial charge in [0.25, 0.3) is 5.91 Å². The number of hydrogen-bond acceptors (Lipinski definition) is 4. The van der Waals surface area contributed by atoms with Gasteiger partial charge in [0.05, 0.1) is 6.20 Å². The van der Waals surface area contributed by atoms with Gasteiger partial charge in [-0.3, -0.25) is 9.48 Å². The van der Waals surface area contributed by atoms with Crippen molar-refractivity contribution >= 4 is 23.5 Å². The first-order valence-corrected chi connectivity index (χ1v) is 5.93. The van der Waals surface area contributed by atoms with Gasteiger partial charge in [-0.1, -0.05) is 6.92 Å². The number of nitrogens with zero attached hydrogens (tertiary/aromatic N) is 2. The molecular weight excluding hydrogens is 212 g/mol. The van der Waals surface area contributed by atoms with Crippen LogP contribution in [-0.2, 0) is 7.05 Å². The van der Waals surface area contributed by atoms with Crippen LogP contribution in [0.3, 0.4) is 0 Å². The molecule has 0 saturated heterocycles. The molecule has 0 aromatic carbocycles. The molecule has 0 radical (unpaired) electrons. The maximum atomic E-state index is 11.6. The highest BCUT2D eigenvalue weighted by atomic mass is 32.2. The van der Waals surface area contributed by atoms with E-state index in [9.17, 15) is 4.79 Å². The lowest BCUT2D eigenvalue weighted by Crippen LogP contribution is -2.29. The quantitative estimate of drug-likeness (QED) is 0.786. The van der Waals surface area contributed by atoms with Crippen molar-refractivity contribution in [3.63, 3.8) is 0 Å². The van der Waals surface area contributed by atoms with E-state index in [4.69, 9.17) is 5.73 Å². The minimum absolute atomic E-state index is 0.165. The van der Waals surface area contributed by atoms with Gasteiger partial charge in [-0.05, 0) is 6.26 Å². The number of aromatic nitrogens is 2. The van der Waals surface area contributed by atoms with Crippen LogP contribution in [0.15, 0.2) is 6.20 Å². The summed E-state index contributed by atoms with van der Waals surface area (Å²) in [7, 11) is 1.70. The van der Waals surface area contributed by atoms with Gasteiger partial charge in [-0.2, -0.15) is 16.9 Å². The third kappa shape index (κ3) is 2.89. The van der Waals surface area contributed by atoms with Gasteiger partial charge in [0.1, 0.15) is 11.4 Å². The zero-order valence-electron chi connectivity index (χ0n) is 9.15. The minimum atomic E-state index is -0.165. The van der Waals surface area contributed by atoms with E-state index in [1.165, 1.54) is 10.9 Å². The van der Waals surface area contributed by atoms with Crippen LogP contribution in [0.2, 0.25) is 0 Å². The summed E-state index contributed by atoms with van der Waals surface area (Å²) in [6.07, 6.45) is 3.49. The van der Waals surface area contributed by atoms with E-state index >= 15 is 0 Å². The van der Waals surface area contributed by atoms with Gasteiger partial charge in [-0.15, -0.1) is 0 Å². The molecular formula is C9H16N4OS. The smallest absolute Gasteiger partial charge is 0.256 e. The summed E-state index contributed by atoms with van der Waals surface area (Å²) in [6, 6.07) is 0. The van der Waals surface area contributed by atoms with E-state index < -0.39 is 0 Å². The number of nitrogen functional groups attached to an aromatic ring is 1. The Bertz CT molecular complexity index is 350. The predicted octanol–water partition coefficient (Wildman–Crippen LogP) is 0.484. The lowest BCUT2D eigenvalue weighted by molar-refractivity contribution is 0.0955. The first kappa shape index (κ1) is 11.9. The molecule has 0 fully saturated rings. The molecule has 5 nitrogen and oxygen atoms in total. The van der Waals surface area contributed by atoms with E-state index in [2.05, 4.69) is 17.3 Å². The Hall–Kier alpha value is -1.17. The highest BCUT2D eigenvalue weighted by Crippen LogP contribution is 2.09. The summed E-state index contributed by atoms with van der Waals surface area (Å²) in [5.41, 5.74) is 6.11. The Morgan fingerprint density at radius 3 is 2.93 bits per heavy atom. The predicted molar refractivity (Wildman–Crippen MR) is 62.9 cm³/mol. The number of amides is 1. The van der Waals surface area contributed by atoms with Crippen LogP contribution in [-0.4, -0.2) is 33.7 Å². The zero-order chi connectivity index (χ0) is 11.4. The van der Waals surface area contributed by atoms with E-state index in [1.54, 1.807) is 18.8 Å². The van der Waals surface area contributed by atoms with E-state index in [1.807, 2.05) is 6.26 Å². The minimum Gasteiger partial charge on any atom is -0.383 e. The van der Waals surface area contributed by atoms with Gasteiger partial charge in [0.2, 0.25) is 0 Å². The molecule has 0 spiro atoms. The van der Waals surface area contributed by atoms with Gasteiger partial charge >= 0.3 is 0 Å². The third-order valence-corrected chi connectivity index (χ3v) is 3.15. The van der Waals surface area contributed by atoms with Crippen molar-refractivity contribution in [2.75, 3.05) is 18.5 Å². The molecule has 1 rings (SSSR count). The molecule has 0 saturated carbocycles. The SMILES string of the molecule is CSC(C)CNC(=O)c1cnn(C)c1N. The van der Waals surface area contributed by atoms with Crippen molar-refractivity contribution in [1.82, 2.24) is 15.1 Å². The van der Waals surface area contributed by atoms with Crippen LogP contribution < -0.4 is 11.1 Å². The Labute approximate surface area is 93.4 Å². The topological polar surface area (TPSA) is 72.9 Å². The maximum absolute atomic E-state index is 11.6. The van der Waals surface area contributed by atoms with Crippen LogP contribution in [0.4, 0.5) is 5.82 Å². The van der Waals surface area contributed by atoms with Crippen LogP contribution >= 0.6 is 11.8 Å². The molecule has 0 bridgehead atoms. The van der Waals surface area contributed by atoms with Gasteiger partial charge in [0, 0.05) is 18.8 Å². The van der Waals surface area contributed by atoms with Crippen molar-refractivity contribution < 1.29 is 4.79 Å². The lowest BCUT2D eigenvalue weighted by Gasteiger charge is -2.09. The Morgan fingerprint density at radius 1 is 1.80 bits per heavy atom. The number of thioether (sulfide) groups is 1. The highest BCUT2D eigenvalue weighted by molar-refractivity contribution is 7.99. The van der Waals surface area contributed by atoms with E-state index in [0.29, 0.717) is 23.2 Å². The number of rotatable bonds is 4. The highest BCUT2D eigenvalue weighted by Gasteiger charge is 2.13. The number of carbonyl (C=O) groups is 1. The molecule has 1 aromatic rings. The molecule has 0 aliphatic carbocycles. The van der Waals surface area contributed by atoms with Crippen molar-refractivity contribution in [2.24, 2.45) is 7.05 Å². The fourth-order valence-corrected chi connectivity index (χ4v) is 1.29. The summed E-state index contributed by atoms with van der Waals surface area (Å²) < 4.78 is 1.48. The van der Waals surface area contributed by atoms with Gasteiger partial charge in [-0.25, -0.2) is 0 Å². The summed E-state index contributed by atoms with van der Waals surface area (Å²) >= 11 is 1.70. The Balaban J connectivity index is 2.58. The number of hydrogen-bond donors (Lipinski definition) is 2. The second-order valence-corrected chi connectivity index (χ2v) is 4.60.